The molecule has 34 heavy (non-hydrogen) atoms. The van der Waals surface area contributed by atoms with Crippen LogP contribution in [0, 0.1) is 30.2 Å². The van der Waals surface area contributed by atoms with Gasteiger partial charge in [0.1, 0.15) is 5.82 Å². The van der Waals surface area contributed by atoms with Crippen LogP contribution in [-0.2, 0) is 12.8 Å². The summed E-state index contributed by atoms with van der Waals surface area (Å²) in [6.45, 7) is 3.64. The third kappa shape index (κ3) is 4.78. The van der Waals surface area contributed by atoms with Crippen LogP contribution in [0.4, 0.5) is 17.6 Å². The van der Waals surface area contributed by atoms with Crippen LogP contribution in [0.1, 0.15) is 23.9 Å². The molecule has 1 aromatic heterocycles. The molecule has 0 aliphatic heterocycles. The molecule has 0 aliphatic rings. The smallest absolute Gasteiger partial charge is 0.201 e. The van der Waals surface area contributed by atoms with Gasteiger partial charge in [-0.05, 0) is 55.5 Å². The monoisotopic (exact) mass is 466 g/mol. The molecular formula is C27H22F4N2O. The summed E-state index contributed by atoms with van der Waals surface area (Å²) >= 11 is 0. The average Bonchev–Trinajstić information content (AvgIpc) is 2.84. The van der Waals surface area contributed by atoms with E-state index in [1.807, 2.05) is 0 Å². The maximum absolute atomic E-state index is 14.7. The molecule has 0 aliphatic carbocycles. The lowest BCUT2D eigenvalue weighted by Gasteiger charge is -2.11. The van der Waals surface area contributed by atoms with Crippen LogP contribution in [0.3, 0.4) is 0 Å². The number of ether oxygens (including phenoxy) is 1. The van der Waals surface area contributed by atoms with Gasteiger partial charge in [0, 0.05) is 29.1 Å². The standard InChI is InChI=1S/C27H22F4N2O/c1-3-34-23-13-12-21(26(30)27(23)31)18-7-4-17(5-8-18)6-9-19-10-11-22(25(29)24(19)28)20-14-32-16(2)33-15-20/h4-5,7-8,10-15H,3,6,9H2,1-2H3. The van der Waals surface area contributed by atoms with E-state index in [9.17, 15) is 17.6 Å². The molecule has 0 unspecified atom stereocenters. The van der Waals surface area contributed by atoms with Gasteiger partial charge in [-0.2, -0.15) is 4.39 Å². The highest BCUT2D eigenvalue weighted by Gasteiger charge is 2.17. The topological polar surface area (TPSA) is 35.0 Å². The second-order valence-electron chi connectivity index (χ2n) is 7.79. The summed E-state index contributed by atoms with van der Waals surface area (Å²) in [5, 5.41) is 0. The summed E-state index contributed by atoms with van der Waals surface area (Å²) in [5.41, 5.74) is 2.24. The highest BCUT2D eigenvalue weighted by atomic mass is 19.2. The zero-order valence-corrected chi connectivity index (χ0v) is 18.7. The number of benzene rings is 3. The minimum absolute atomic E-state index is 0.107. The number of hydrogen-bond donors (Lipinski definition) is 0. The van der Waals surface area contributed by atoms with Gasteiger partial charge in [-0.15, -0.1) is 0 Å². The zero-order valence-electron chi connectivity index (χ0n) is 18.7. The van der Waals surface area contributed by atoms with Gasteiger partial charge in [0.05, 0.1) is 6.61 Å². The third-order valence-electron chi connectivity index (χ3n) is 5.55. The van der Waals surface area contributed by atoms with Gasteiger partial charge in [-0.25, -0.2) is 23.1 Å². The Morgan fingerprint density at radius 3 is 1.97 bits per heavy atom. The Hall–Kier alpha value is -3.74. The van der Waals surface area contributed by atoms with Gasteiger partial charge >= 0.3 is 0 Å². The van der Waals surface area contributed by atoms with E-state index in [2.05, 4.69) is 9.97 Å². The molecule has 0 bridgehead atoms. The van der Waals surface area contributed by atoms with Crippen LogP contribution in [0.5, 0.6) is 5.75 Å². The molecule has 0 amide bonds. The molecule has 0 N–H and O–H groups in total. The van der Waals surface area contributed by atoms with Crippen molar-refractivity contribution >= 4 is 0 Å². The summed E-state index contributed by atoms with van der Waals surface area (Å²) in [4.78, 5) is 8.05. The van der Waals surface area contributed by atoms with E-state index in [0.29, 0.717) is 23.4 Å². The molecule has 0 atom stereocenters. The average molecular weight is 466 g/mol. The Balaban J connectivity index is 1.48. The minimum Gasteiger partial charge on any atom is -0.491 e. The maximum atomic E-state index is 14.7. The number of aromatic nitrogens is 2. The second-order valence-corrected chi connectivity index (χ2v) is 7.79. The number of hydrogen-bond acceptors (Lipinski definition) is 3. The molecule has 7 heteroatoms. The van der Waals surface area contributed by atoms with Crippen molar-refractivity contribution in [3.05, 3.63) is 101 Å². The molecule has 1 heterocycles. The van der Waals surface area contributed by atoms with Gasteiger partial charge < -0.3 is 4.74 Å². The van der Waals surface area contributed by atoms with Crippen molar-refractivity contribution in [2.24, 2.45) is 0 Å². The van der Waals surface area contributed by atoms with Crippen molar-refractivity contribution in [1.82, 2.24) is 9.97 Å². The Morgan fingerprint density at radius 1 is 0.676 bits per heavy atom. The summed E-state index contributed by atoms with van der Waals surface area (Å²) < 4.78 is 63.0. The predicted octanol–water partition coefficient (Wildman–Crippen LogP) is 6.86. The first-order valence-corrected chi connectivity index (χ1v) is 10.8. The molecule has 0 fully saturated rings. The zero-order chi connectivity index (χ0) is 24.2. The Morgan fingerprint density at radius 2 is 1.29 bits per heavy atom. The minimum atomic E-state index is -1.03. The molecule has 0 saturated heterocycles. The Kier molecular flexibility index (Phi) is 6.91. The molecule has 0 radical (unpaired) electrons. The largest absolute Gasteiger partial charge is 0.491 e. The third-order valence-corrected chi connectivity index (χ3v) is 5.55. The summed E-state index contributed by atoms with van der Waals surface area (Å²) in [6, 6.07) is 12.8. The highest BCUT2D eigenvalue weighted by Crippen LogP contribution is 2.30. The van der Waals surface area contributed by atoms with Crippen molar-refractivity contribution in [2.75, 3.05) is 6.61 Å². The van der Waals surface area contributed by atoms with Gasteiger partial charge in [-0.1, -0.05) is 36.4 Å². The van der Waals surface area contributed by atoms with Gasteiger partial charge in [0.2, 0.25) is 5.82 Å². The van der Waals surface area contributed by atoms with Crippen molar-refractivity contribution in [2.45, 2.75) is 26.7 Å². The predicted molar refractivity (Wildman–Crippen MR) is 122 cm³/mol. The molecular weight excluding hydrogens is 444 g/mol. The van der Waals surface area contributed by atoms with Gasteiger partial charge in [-0.3, -0.25) is 0 Å². The summed E-state index contributed by atoms with van der Waals surface area (Å²) in [5.74, 6) is -3.43. The summed E-state index contributed by atoms with van der Waals surface area (Å²) in [6.07, 6.45) is 3.64. The molecule has 0 spiro atoms. The second kappa shape index (κ2) is 10.0. The first-order chi connectivity index (χ1) is 16.4. The van der Waals surface area contributed by atoms with E-state index in [1.54, 1.807) is 44.2 Å². The fourth-order valence-corrected chi connectivity index (χ4v) is 3.69. The van der Waals surface area contributed by atoms with Gasteiger partial charge in [0.25, 0.3) is 0 Å². The molecule has 0 saturated carbocycles. The van der Waals surface area contributed by atoms with Crippen molar-refractivity contribution < 1.29 is 22.3 Å². The van der Waals surface area contributed by atoms with E-state index >= 15 is 0 Å². The summed E-state index contributed by atoms with van der Waals surface area (Å²) in [7, 11) is 0. The normalized spacial score (nSPS) is 11.0. The van der Waals surface area contributed by atoms with Crippen molar-refractivity contribution in [3.8, 4) is 28.0 Å². The number of halogens is 4. The fraction of sp³-hybridized carbons (Fsp3) is 0.185. The maximum Gasteiger partial charge on any atom is 0.201 e. The van der Waals surface area contributed by atoms with E-state index in [-0.39, 0.29) is 35.5 Å². The van der Waals surface area contributed by atoms with E-state index in [4.69, 9.17) is 4.74 Å². The van der Waals surface area contributed by atoms with Crippen molar-refractivity contribution in [3.63, 3.8) is 0 Å². The first-order valence-electron chi connectivity index (χ1n) is 10.8. The first kappa shape index (κ1) is 23.4. The molecule has 174 valence electrons. The van der Waals surface area contributed by atoms with Crippen LogP contribution in [-0.4, -0.2) is 16.6 Å². The molecule has 4 aromatic rings. The number of aryl methyl sites for hydroxylation is 3. The molecule has 4 rings (SSSR count). The molecule has 3 nitrogen and oxygen atoms in total. The number of nitrogens with zero attached hydrogens (tertiary/aromatic N) is 2. The van der Waals surface area contributed by atoms with Crippen LogP contribution in [0.25, 0.3) is 22.3 Å². The Labute approximate surface area is 195 Å². The van der Waals surface area contributed by atoms with Crippen LogP contribution < -0.4 is 4.74 Å². The SMILES string of the molecule is CCOc1ccc(-c2ccc(CCc3ccc(-c4cnc(C)nc4)c(F)c3F)cc2)c(F)c1F. The van der Waals surface area contributed by atoms with Gasteiger partial charge in [0.15, 0.2) is 23.2 Å². The highest BCUT2D eigenvalue weighted by molar-refractivity contribution is 5.66. The Bertz CT molecular complexity index is 1310. The van der Waals surface area contributed by atoms with Crippen LogP contribution in [0.2, 0.25) is 0 Å². The van der Waals surface area contributed by atoms with E-state index in [0.717, 1.165) is 5.56 Å². The lowest BCUT2D eigenvalue weighted by Crippen LogP contribution is -2.00. The molecule has 3 aromatic carbocycles. The van der Waals surface area contributed by atoms with Crippen LogP contribution in [0.15, 0.2) is 60.9 Å². The van der Waals surface area contributed by atoms with Crippen molar-refractivity contribution in [1.29, 1.82) is 0 Å². The van der Waals surface area contributed by atoms with E-state index < -0.39 is 23.3 Å². The quantitative estimate of drug-likeness (QED) is 0.279. The fourth-order valence-electron chi connectivity index (χ4n) is 3.69. The lowest BCUT2D eigenvalue weighted by atomic mass is 9.98. The van der Waals surface area contributed by atoms with Crippen LogP contribution >= 0.6 is 0 Å². The lowest BCUT2D eigenvalue weighted by molar-refractivity contribution is 0.314. The number of rotatable bonds is 7. The van der Waals surface area contributed by atoms with E-state index in [1.165, 1.54) is 30.6 Å².